The third-order valence-electron chi connectivity index (χ3n) is 4.06. The number of aromatic nitrogens is 4. The van der Waals surface area contributed by atoms with Crippen LogP contribution in [0.3, 0.4) is 0 Å². The first kappa shape index (κ1) is 14.8. The third kappa shape index (κ3) is 2.89. The van der Waals surface area contributed by atoms with Crippen molar-refractivity contribution in [2.45, 2.75) is 39.3 Å². The van der Waals surface area contributed by atoms with Crippen LogP contribution >= 0.6 is 0 Å². The number of carbonyl (C=O) groups is 1. The summed E-state index contributed by atoms with van der Waals surface area (Å²) in [5, 5.41) is 15.0. The highest BCUT2D eigenvalue weighted by Crippen LogP contribution is 2.17. The minimum atomic E-state index is -0.369. The van der Waals surface area contributed by atoms with Gasteiger partial charge < -0.3 is 10.6 Å². The zero-order valence-electron chi connectivity index (χ0n) is 13.2. The van der Waals surface area contributed by atoms with Gasteiger partial charge in [-0.1, -0.05) is 0 Å². The van der Waals surface area contributed by atoms with E-state index in [1.807, 2.05) is 43.8 Å². The summed E-state index contributed by atoms with van der Waals surface area (Å²) in [6.45, 7) is 7.65. The molecule has 118 valence electrons. The molecule has 1 amide bonds. The van der Waals surface area contributed by atoms with Crippen molar-refractivity contribution in [2.24, 2.45) is 0 Å². The maximum atomic E-state index is 12.4. The average Bonchev–Trinajstić information content (AvgIpc) is 3.18. The van der Waals surface area contributed by atoms with E-state index in [0.717, 1.165) is 30.9 Å². The summed E-state index contributed by atoms with van der Waals surface area (Å²) in [5.74, 6) is 0.478. The van der Waals surface area contributed by atoms with E-state index in [1.165, 1.54) is 0 Å². The molecule has 0 unspecified atom stereocenters. The first-order chi connectivity index (χ1) is 10.5. The molecule has 0 aliphatic carbocycles. The van der Waals surface area contributed by atoms with Crippen LogP contribution in [-0.4, -0.2) is 38.6 Å². The van der Waals surface area contributed by atoms with Crippen molar-refractivity contribution in [3.63, 3.8) is 0 Å². The Hall–Kier alpha value is -2.15. The van der Waals surface area contributed by atoms with E-state index in [2.05, 4.69) is 20.8 Å². The Morgan fingerprint density at radius 3 is 2.91 bits per heavy atom. The van der Waals surface area contributed by atoms with Gasteiger partial charge in [-0.15, -0.1) is 0 Å². The second kappa shape index (κ2) is 5.92. The molecule has 1 aliphatic heterocycles. The van der Waals surface area contributed by atoms with Crippen LogP contribution in [0.4, 0.5) is 5.82 Å². The Kier molecular flexibility index (Phi) is 3.98. The molecule has 2 aromatic rings. The Morgan fingerprint density at radius 2 is 2.27 bits per heavy atom. The van der Waals surface area contributed by atoms with Crippen LogP contribution in [-0.2, 0) is 4.79 Å². The fourth-order valence-electron chi connectivity index (χ4n) is 2.85. The predicted octanol–water partition coefficient (Wildman–Crippen LogP) is 1.43. The second-order valence-corrected chi connectivity index (χ2v) is 5.86. The van der Waals surface area contributed by atoms with E-state index in [9.17, 15) is 4.79 Å². The highest BCUT2D eigenvalue weighted by Gasteiger charge is 2.20. The first-order valence-electron chi connectivity index (χ1n) is 7.64. The quantitative estimate of drug-likeness (QED) is 0.896. The van der Waals surface area contributed by atoms with Gasteiger partial charge in [-0.2, -0.15) is 10.2 Å². The number of amides is 1. The maximum Gasteiger partial charge on any atom is 0.250 e. The summed E-state index contributed by atoms with van der Waals surface area (Å²) in [7, 11) is 0. The predicted molar refractivity (Wildman–Crippen MR) is 83.8 cm³/mol. The monoisotopic (exact) mass is 302 g/mol. The van der Waals surface area contributed by atoms with Gasteiger partial charge in [-0.05, 0) is 39.8 Å². The number of nitrogens with one attached hydrogen (secondary N) is 2. The van der Waals surface area contributed by atoms with Gasteiger partial charge in [0.25, 0.3) is 0 Å². The van der Waals surface area contributed by atoms with Crippen molar-refractivity contribution in [3.05, 3.63) is 29.7 Å². The zero-order chi connectivity index (χ0) is 15.7. The number of nitrogens with zero attached hydrogens (tertiary/aromatic N) is 4. The average molecular weight is 302 g/mol. The molecule has 3 rings (SSSR count). The summed E-state index contributed by atoms with van der Waals surface area (Å²) in [4.78, 5) is 12.4. The number of carbonyl (C=O) groups excluding carboxylic acids is 1. The number of rotatable bonds is 4. The molecule has 7 heteroatoms. The lowest BCUT2D eigenvalue weighted by atomic mass is 10.3. The Bertz CT molecular complexity index is 667. The SMILES string of the molecule is Cc1cc(C)n([C@H](C)C(=O)Nc2ccn([C@@H]3CCNC3)n2)n1. The topological polar surface area (TPSA) is 76.8 Å². The third-order valence-corrected chi connectivity index (χ3v) is 4.06. The van der Waals surface area contributed by atoms with Crippen molar-refractivity contribution in [2.75, 3.05) is 18.4 Å². The van der Waals surface area contributed by atoms with Crippen LogP contribution in [0.15, 0.2) is 18.3 Å². The van der Waals surface area contributed by atoms with Crippen molar-refractivity contribution in [3.8, 4) is 0 Å². The van der Waals surface area contributed by atoms with Crippen molar-refractivity contribution >= 4 is 11.7 Å². The van der Waals surface area contributed by atoms with Crippen molar-refractivity contribution in [1.29, 1.82) is 0 Å². The Morgan fingerprint density at radius 1 is 1.45 bits per heavy atom. The number of hydrogen-bond acceptors (Lipinski definition) is 4. The lowest BCUT2D eigenvalue weighted by molar-refractivity contribution is -0.119. The van der Waals surface area contributed by atoms with E-state index < -0.39 is 0 Å². The lowest BCUT2D eigenvalue weighted by Crippen LogP contribution is -2.25. The normalized spacial score (nSPS) is 19.3. The molecular formula is C15H22N6O. The van der Waals surface area contributed by atoms with Gasteiger partial charge in [-0.3, -0.25) is 14.2 Å². The van der Waals surface area contributed by atoms with Crippen molar-refractivity contribution in [1.82, 2.24) is 24.9 Å². The fourth-order valence-corrected chi connectivity index (χ4v) is 2.85. The van der Waals surface area contributed by atoms with Crippen LogP contribution in [0, 0.1) is 13.8 Å². The smallest absolute Gasteiger partial charge is 0.250 e. The first-order valence-corrected chi connectivity index (χ1v) is 7.64. The highest BCUT2D eigenvalue weighted by atomic mass is 16.2. The van der Waals surface area contributed by atoms with Gasteiger partial charge in [0.1, 0.15) is 6.04 Å². The number of anilines is 1. The molecule has 0 radical (unpaired) electrons. The standard InChI is InChI=1S/C15H22N6O/c1-10-8-11(2)21(18-10)12(3)15(22)17-14-5-7-20(19-14)13-4-6-16-9-13/h5,7-8,12-13,16H,4,6,9H2,1-3H3,(H,17,19,22)/t12-,13-/m1/s1. The van der Waals surface area contributed by atoms with Gasteiger partial charge in [0, 0.05) is 24.5 Å². The summed E-state index contributed by atoms with van der Waals surface area (Å²) < 4.78 is 3.66. The molecule has 7 nitrogen and oxygen atoms in total. The molecular weight excluding hydrogens is 280 g/mol. The van der Waals surface area contributed by atoms with Gasteiger partial charge in [-0.25, -0.2) is 0 Å². The van der Waals surface area contributed by atoms with Crippen LogP contribution in [0.1, 0.15) is 36.8 Å². The minimum Gasteiger partial charge on any atom is -0.315 e. The van der Waals surface area contributed by atoms with E-state index in [1.54, 1.807) is 4.68 Å². The van der Waals surface area contributed by atoms with E-state index >= 15 is 0 Å². The summed E-state index contributed by atoms with van der Waals surface area (Å²) in [5.41, 5.74) is 1.89. The van der Waals surface area contributed by atoms with Gasteiger partial charge in [0.2, 0.25) is 5.91 Å². The van der Waals surface area contributed by atoms with Gasteiger partial charge in [0.05, 0.1) is 11.7 Å². The molecule has 2 atom stereocenters. The van der Waals surface area contributed by atoms with Crippen LogP contribution in [0.25, 0.3) is 0 Å². The molecule has 1 aliphatic rings. The van der Waals surface area contributed by atoms with Crippen LogP contribution in [0.2, 0.25) is 0 Å². The molecule has 22 heavy (non-hydrogen) atoms. The van der Waals surface area contributed by atoms with Crippen LogP contribution in [0.5, 0.6) is 0 Å². The molecule has 2 N–H and O–H groups in total. The maximum absolute atomic E-state index is 12.4. The second-order valence-electron chi connectivity index (χ2n) is 5.86. The Balaban J connectivity index is 1.67. The van der Waals surface area contributed by atoms with Gasteiger partial charge in [0.15, 0.2) is 5.82 Å². The highest BCUT2D eigenvalue weighted by molar-refractivity contribution is 5.92. The molecule has 0 spiro atoms. The fraction of sp³-hybridized carbons (Fsp3) is 0.533. The van der Waals surface area contributed by atoms with Crippen LogP contribution < -0.4 is 10.6 Å². The summed E-state index contributed by atoms with van der Waals surface area (Å²) in [6.07, 6.45) is 2.98. The number of aryl methyl sites for hydroxylation is 2. The summed E-state index contributed by atoms with van der Waals surface area (Å²) >= 11 is 0. The largest absolute Gasteiger partial charge is 0.315 e. The molecule has 0 saturated carbocycles. The van der Waals surface area contributed by atoms with E-state index in [-0.39, 0.29) is 11.9 Å². The van der Waals surface area contributed by atoms with Gasteiger partial charge >= 0.3 is 0 Å². The zero-order valence-corrected chi connectivity index (χ0v) is 13.2. The van der Waals surface area contributed by atoms with E-state index in [0.29, 0.717) is 11.9 Å². The molecule has 0 aromatic carbocycles. The minimum absolute atomic E-state index is 0.110. The molecule has 0 bridgehead atoms. The molecule has 3 heterocycles. The van der Waals surface area contributed by atoms with E-state index in [4.69, 9.17) is 0 Å². The lowest BCUT2D eigenvalue weighted by Gasteiger charge is -2.13. The molecule has 1 saturated heterocycles. The van der Waals surface area contributed by atoms with Crippen molar-refractivity contribution < 1.29 is 4.79 Å². The number of hydrogen-bond donors (Lipinski definition) is 2. The Labute approximate surface area is 129 Å². The summed E-state index contributed by atoms with van der Waals surface area (Å²) in [6, 6.07) is 3.81. The molecule has 2 aromatic heterocycles. The molecule has 1 fully saturated rings.